The van der Waals surface area contributed by atoms with Crippen LogP contribution in [0.15, 0.2) is 60.9 Å². The van der Waals surface area contributed by atoms with Gasteiger partial charge < -0.3 is 15.5 Å². The summed E-state index contributed by atoms with van der Waals surface area (Å²) in [5.74, 6) is 1.61. The molecule has 0 radical (unpaired) electrons. The zero-order chi connectivity index (χ0) is 20.8. The molecule has 2 heterocycles. The molecule has 0 bridgehead atoms. The van der Waals surface area contributed by atoms with Crippen molar-refractivity contribution >= 4 is 23.5 Å². The van der Waals surface area contributed by atoms with Gasteiger partial charge in [0.25, 0.3) is 5.91 Å². The van der Waals surface area contributed by atoms with Crippen molar-refractivity contribution in [2.75, 3.05) is 30.4 Å². The molecule has 1 atom stereocenters. The van der Waals surface area contributed by atoms with E-state index in [4.69, 9.17) is 0 Å². The lowest BCUT2D eigenvalue weighted by Crippen LogP contribution is -2.37. The lowest BCUT2D eigenvalue weighted by molar-refractivity contribution is 0.0963. The zero-order valence-corrected chi connectivity index (χ0v) is 17.1. The first-order chi connectivity index (χ1) is 14.7. The highest BCUT2D eigenvalue weighted by Crippen LogP contribution is 2.24. The lowest BCUT2D eigenvalue weighted by Gasteiger charge is -2.32. The van der Waals surface area contributed by atoms with Crippen molar-refractivity contribution in [3.05, 3.63) is 72.1 Å². The van der Waals surface area contributed by atoms with E-state index in [1.54, 1.807) is 19.2 Å². The second-order valence-electron chi connectivity index (χ2n) is 7.54. The maximum absolute atomic E-state index is 11.9. The second kappa shape index (κ2) is 9.35. The molecule has 1 aliphatic heterocycles. The summed E-state index contributed by atoms with van der Waals surface area (Å²) in [5.41, 5.74) is 2.71. The fourth-order valence-electron chi connectivity index (χ4n) is 3.87. The van der Waals surface area contributed by atoms with Crippen LogP contribution < -0.4 is 15.5 Å². The van der Waals surface area contributed by atoms with Crippen LogP contribution in [0.2, 0.25) is 0 Å². The van der Waals surface area contributed by atoms with E-state index in [-0.39, 0.29) is 5.91 Å². The molecule has 2 N–H and O–H groups in total. The molecule has 0 unspecified atom stereocenters. The van der Waals surface area contributed by atoms with E-state index in [2.05, 4.69) is 60.8 Å². The molecular weight excluding hydrogens is 376 g/mol. The van der Waals surface area contributed by atoms with Crippen molar-refractivity contribution in [3.63, 3.8) is 0 Å². The Labute approximate surface area is 176 Å². The van der Waals surface area contributed by atoms with Crippen LogP contribution in [0, 0.1) is 5.92 Å². The molecule has 1 saturated heterocycles. The van der Waals surface area contributed by atoms with Gasteiger partial charge in [-0.2, -0.15) is 4.98 Å². The molecular formula is C23H26N6O. The summed E-state index contributed by atoms with van der Waals surface area (Å²) in [5, 5.41) is 5.82. The molecule has 4 rings (SSSR count). The van der Waals surface area contributed by atoms with Crippen molar-refractivity contribution in [3.8, 4) is 0 Å². The molecule has 3 aromatic rings. The van der Waals surface area contributed by atoms with Gasteiger partial charge in [0.15, 0.2) is 0 Å². The molecule has 0 aliphatic carbocycles. The summed E-state index contributed by atoms with van der Waals surface area (Å²) in [6, 6.07) is 17.9. The van der Waals surface area contributed by atoms with Gasteiger partial charge >= 0.3 is 0 Å². The summed E-state index contributed by atoms with van der Waals surface area (Å²) in [7, 11) is 1.62. The van der Waals surface area contributed by atoms with Crippen molar-refractivity contribution in [1.29, 1.82) is 0 Å². The summed E-state index contributed by atoms with van der Waals surface area (Å²) >= 11 is 0. The maximum Gasteiger partial charge on any atom is 0.251 e. The van der Waals surface area contributed by atoms with Crippen molar-refractivity contribution in [2.45, 2.75) is 19.3 Å². The Balaban J connectivity index is 1.44. The molecule has 0 saturated carbocycles. The summed E-state index contributed by atoms with van der Waals surface area (Å²) < 4.78 is 0. The van der Waals surface area contributed by atoms with Crippen LogP contribution in [0.4, 0.5) is 17.6 Å². The molecule has 1 amide bonds. The predicted molar refractivity (Wildman–Crippen MR) is 118 cm³/mol. The third kappa shape index (κ3) is 4.92. The molecule has 1 fully saturated rings. The van der Waals surface area contributed by atoms with Crippen molar-refractivity contribution in [2.24, 2.45) is 5.92 Å². The summed E-state index contributed by atoms with van der Waals surface area (Å²) in [4.78, 5) is 27.4. The minimum absolute atomic E-state index is 0.132. The predicted octanol–water partition coefficient (Wildman–Crippen LogP) is 3.43. The second-order valence-corrected chi connectivity index (χ2v) is 7.54. The first-order valence-corrected chi connectivity index (χ1v) is 10.3. The summed E-state index contributed by atoms with van der Waals surface area (Å²) in [6.07, 6.45) is 4.95. The zero-order valence-electron chi connectivity index (χ0n) is 17.1. The number of carbonyl (C=O) groups is 1. The van der Waals surface area contributed by atoms with Crippen molar-refractivity contribution < 1.29 is 4.79 Å². The number of nitrogens with zero attached hydrogens (tertiary/aromatic N) is 4. The number of nitrogens with one attached hydrogen (secondary N) is 2. The van der Waals surface area contributed by atoms with Gasteiger partial charge in [0.2, 0.25) is 11.9 Å². The number of benzene rings is 2. The number of aromatic nitrogens is 3. The van der Waals surface area contributed by atoms with Gasteiger partial charge in [0, 0.05) is 31.4 Å². The van der Waals surface area contributed by atoms with Gasteiger partial charge in [-0.1, -0.05) is 36.4 Å². The minimum atomic E-state index is -0.132. The van der Waals surface area contributed by atoms with E-state index >= 15 is 0 Å². The Hall–Kier alpha value is -3.48. The van der Waals surface area contributed by atoms with Gasteiger partial charge in [0.1, 0.15) is 6.33 Å². The SMILES string of the molecule is CNC(=O)c1cccc(Nc2ncnc(N3CCC[C@@H](Cc4ccccc4)C3)n2)c1. The Morgan fingerprint density at radius 2 is 2.00 bits per heavy atom. The van der Waals surface area contributed by atoms with Crippen LogP contribution in [0.3, 0.4) is 0 Å². The number of piperidine rings is 1. The Kier molecular flexibility index (Phi) is 6.17. The number of amides is 1. The fraction of sp³-hybridized carbons (Fsp3) is 0.304. The van der Waals surface area contributed by atoms with Crippen LogP contribution in [0.25, 0.3) is 0 Å². The van der Waals surface area contributed by atoms with Crippen LogP contribution in [0.1, 0.15) is 28.8 Å². The first kappa shape index (κ1) is 19.8. The molecule has 30 heavy (non-hydrogen) atoms. The average Bonchev–Trinajstić information content (AvgIpc) is 2.80. The number of hydrogen-bond donors (Lipinski definition) is 2. The Morgan fingerprint density at radius 1 is 1.13 bits per heavy atom. The normalized spacial score (nSPS) is 16.2. The highest BCUT2D eigenvalue weighted by atomic mass is 16.1. The smallest absolute Gasteiger partial charge is 0.251 e. The van der Waals surface area contributed by atoms with E-state index in [9.17, 15) is 4.79 Å². The quantitative estimate of drug-likeness (QED) is 0.657. The minimum Gasteiger partial charge on any atom is -0.355 e. The van der Waals surface area contributed by atoms with Crippen LogP contribution in [0.5, 0.6) is 0 Å². The maximum atomic E-state index is 11.9. The van der Waals surface area contributed by atoms with E-state index < -0.39 is 0 Å². The number of anilines is 3. The monoisotopic (exact) mass is 402 g/mol. The molecule has 7 nitrogen and oxygen atoms in total. The van der Waals surface area contributed by atoms with Crippen molar-refractivity contribution in [1.82, 2.24) is 20.3 Å². The fourth-order valence-corrected chi connectivity index (χ4v) is 3.87. The molecule has 7 heteroatoms. The topological polar surface area (TPSA) is 83.0 Å². The van der Waals surface area contributed by atoms with Crippen LogP contribution in [-0.2, 0) is 6.42 Å². The van der Waals surface area contributed by atoms with Gasteiger partial charge in [-0.3, -0.25) is 4.79 Å². The van der Waals surface area contributed by atoms with Gasteiger partial charge in [-0.15, -0.1) is 0 Å². The standard InChI is InChI=1S/C23H26N6O/c1-24-21(30)19-10-5-11-20(14-19)27-22-25-16-26-23(28-22)29-12-6-9-18(15-29)13-17-7-3-2-4-8-17/h2-5,7-8,10-11,14,16,18H,6,9,12-13,15H2,1H3,(H,24,30)(H,25,26,27,28)/t18-/m0/s1. The number of carbonyl (C=O) groups excluding carboxylic acids is 1. The van der Waals surface area contributed by atoms with E-state index in [0.717, 1.165) is 31.6 Å². The molecule has 154 valence electrons. The van der Waals surface area contributed by atoms with Crippen LogP contribution in [-0.4, -0.2) is 41.0 Å². The Morgan fingerprint density at radius 3 is 2.83 bits per heavy atom. The number of hydrogen-bond acceptors (Lipinski definition) is 6. The van der Waals surface area contributed by atoms with E-state index in [1.165, 1.54) is 18.3 Å². The highest BCUT2D eigenvalue weighted by molar-refractivity contribution is 5.95. The highest BCUT2D eigenvalue weighted by Gasteiger charge is 2.22. The van der Waals surface area contributed by atoms with Crippen LogP contribution >= 0.6 is 0 Å². The molecule has 0 spiro atoms. The van der Waals surface area contributed by atoms with Gasteiger partial charge in [0.05, 0.1) is 0 Å². The summed E-state index contributed by atoms with van der Waals surface area (Å²) in [6.45, 7) is 1.88. The average molecular weight is 403 g/mol. The van der Waals surface area contributed by atoms with E-state index in [0.29, 0.717) is 23.4 Å². The first-order valence-electron chi connectivity index (χ1n) is 10.3. The third-order valence-electron chi connectivity index (χ3n) is 5.34. The molecule has 2 aromatic carbocycles. The van der Waals surface area contributed by atoms with E-state index in [1.807, 2.05) is 12.1 Å². The lowest BCUT2D eigenvalue weighted by atomic mass is 9.91. The van der Waals surface area contributed by atoms with Gasteiger partial charge in [-0.25, -0.2) is 9.97 Å². The molecule has 1 aliphatic rings. The number of rotatable bonds is 6. The molecule has 1 aromatic heterocycles. The largest absolute Gasteiger partial charge is 0.355 e. The van der Waals surface area contributed by atoms with Gasteiger partial charge in [-0.05, 0) is 48.9 Å². The Bertz CT molecular complexity index is 994. The third-order valence-corrected chi connectivity index (χ3v) is 5.34.